The summed E-state index contributed by atoms with van der Waals surface area (Å²) in [6.45, 7) is 3.69. The number of nitrogens with one attached hydrogen (secondary N) is 1. The number of rotatable bonds is 9. The molecule has 2 aromatic heterocycles. The van der Waals surface area contributed by atoms with Crippen LogP contribution in [0.2, 0.25) is 0 Å². The normalized spacial score (nSPS) is 11.0. The lowest BCUT2D eigenvalue weighted by Crippen LogP contribution is -2.20. The molecule has 4 rings (SSSR count). The highest BCUT2D eigenvalue weighted by molar-refractivity contribution is 7.09. The van der Waals surface area contributed by atoms with Crippen LogP contribution in [0.1, 0.15) is 27.4 Å². The number of aromatic nitrogens is 3. The van der Waals surface area contributed by atoms with Crippen molar-refractivity contribution in [3.8, 4) is 5.75 Å². The van der Waals surface area contributed by atoms with Crippen LogP contribution >= 0.6 is 11.3 Å². The molecule has 0 radical (unpaired) electrons. The van der Waals surface area contributed by atoms with Gasteiger partial charge in [-0.1, -0.05) is 36.4 Å². The van der Waals surface area contributed by atoms with Gasteiger partial charge in [-0.15, -0.1) is 11.3 Å². The molecule has 6 nitrogen and oxygen atoms in total. The van der Waals surface area contributed by atoms with E-state index in [1.165, 1.54) is 5.56 Å². The second-order valence-corrected chi connectivity index (χ2v) is 8.38. The predicted octanol–water partition coefficient (Wildman–Crippen LogP) is 4.60. The molecule has 32 heavy (non-hydrogen) atoms. The van der Waals surface area contributed by atoms with Crippen molar-refractivity contribution in [1.82, 2.24) is 19.9 Å². The number of aryl methyl sites for hydroxylation is 1. The molecule has 2 heterocycles. The molecule has 0 saturated carbocycles. The van der Waals surface area contributed by atoms with E-state index in [1.807, 2.05) is 59.5 Å². The first-order valence-electron chi connectivity index (χ1n) is 10.3. The van der Waals surface area contributed by atoms with Crippen molar-refractivity contribution in [1.29, 1.82) is 0 Å². The van der Waals surface area contributed by atoms with E-state index in [4.69, 9.17) is 4.74 Å². The van der Waals surface area contributed by atoms with Crippen molar-refractivity contribution >= 4 is 23.3 Å². The van der Waals surface area contributed by atoms with Gasteiger partial charge in [0, 0.05) is 36.9 Å². The minimum Gasteiger partial charge on any atom is -0.487 e. The smallest absolute Gasteiger partial charge is 0.244 e. The third-order valence-corrected chi connectivity index (χ3v) is 5.60. The van der Waals surface area contributed by atoms with Crippen LogP contribution in [-0.4, -0.2) is 20.4 Å². The van der Waals surface area contributed by atoms with Gasteiger partial charge in [-0.2, -0.15) is 0 Å². The number of carbonyl (C=O) groups is 1. The van der Waals surface area contributed by atoms with Crippen LogP contribution < -0.4 is 10.1 Å². The SMILES string of the molecule is Cc1nc(COc2ccc(/C=C/C(=O)NCc3ccc(Cn4ccnc4)cc3)cc2)cs1. The highest BCUT2D eigenvalue weighted by Gasteiger charge is 2.01. The van der Waals surface area contributed by atoms with E-state index in [0.29, 0.717) is 13.2 Å². The lowest BCUT2D eigenvalue weighted by atomic mass is 10.1. The Labute approximate surface area is 191 Å². The Kier molecular flexibility index (Phi) is 7.09. The van der Waals surface area contributed by atoms with Gasteiger partial charge in [-0.25, -0.2) is 9.97 Å². The number of imidazole rings is 1. The molecule has 0 aliphatic rings. The van der Waals surface area contributed by atoms with Crippen molar-refractivity contribution in [2.45, 2.75) is 26.6 Å². The quantitative estimate of drug-likeness (QED) is 0.383. The summed E-state index contributed by atoms with van der Waals surface area (Å²) >= 11 is 1.61. The highest BCUT2D eigenvalue weighted by Crippen LogP contribution is 2.16. The van der Waals surface area contributed by atoms with Crippen LogP contribution in [-0.2, 0) is 24.5 Å². The monoisotopic (exact) mass is 444 g/mol. The largest absolute Gasteiger partial charge is 0.487 e. The molecule has 0 unspecified atom stereocenters. The number of carbonyl (C=O) groups excluding carboxylic acids is 1. The first-order chi connectivity index (χ1) is 15.6. The lowest BCUT2D eigenvalue weighted by molar-refractivity contribution is -0.116. The van der Waals surface area contributed by atoms with Gasteiger partial charge in [0.15, 0.2) is 0 Å². The van der Waals surface area contributed by atoms with Gasteiger partial charge in [-0.05, 0) is 41.8 Å². The maximum absolute atomic E-state index is 12.2. The molecular formula is C25H24N4O2S. The molecule has 7 heteroatoms. The highest BCUT2D eigenvalue weighted by atomic mass is 32.1. The van der Waals surface area contributed by atoms with Crippen molar-refractivity contribution in [3.05, 3.63) is 106 Å². The molecule has 0 saturated heterocycles. The maximum Gasteiger partial charge on any atom is 0.244 e. The van der Waals surface area contributed by atoms with Gasteiger partial charge < -0.3 is 14.6 Å². The average Bonchev–Trinajstić information content (AvgIpc) is 3.48. The summed E-state index contributed by atoms with van der Waals surface area (Å²) in [5, 5.41) is 5.95. The Balaban J connectivity index is 1.21. The molecule has 4 aromatic rings. The fourth-order valence-corrected chi connectivity index (χ4v) is 3.68. The van der Waals surface area contributed by atoms with Gasteiger partial charge >= 0.3 is 0 Å². The summed E-state index contributed by atoms with van der Waals surface area (Å²) in [4.78, 5) is 20.6. The fourth-order valence-electron chi connectivity index (χ4n) is 3.08. The molecule has 0 spiro atoms. The first-order valence-corrected chi connectivity index (χ1v) is 11.2. The zero-order valence-electron chi connectivity index (χ0n) is 17.8. The summed E-state index contributed by atoms with van der Waals surface area (Å²) in [5.74, 6) is 0.639. The molecule has 2 aromatic carbocycles. The molecular weight excluding hydrogens is 420 g/mol. The molecule has 0 bridgehead atoms. The minimum absolute atomic E-state index is 0.133. The van der Waals surface area contributed by atoms with Gasteiger partial charge in [-0.3, -0.25) is 4.79 Å². The van der Waals surface area contributed by atoms with Crippen LogP contribution in [0.15, 0.2) is 78.7 Å². The van der Waals surface area contributed by atoms with Crippen LogP contribution in [0.4, 0.5) is 0 Å². The minimum atomic E-state index is -0.133. The van der Waals surface area contributed by atoms with Crippen molar-refractivity contribution < 1.29 is 9.53 Å². The number of nitrogens with zero attached hydrogens (tertiary/aromatic N) is 3. The standard InChI is InChI=1S/C25H24N4O2S/c1-19-28-23(17-32-19)16-31-24-9-6-20(7-10-24)8-11-25(30)27-14-21-2-4-22(5-3-21)15-29-13-12-26-18-29/h2-13,17-18H,14-16H2,1H3,(H,27,30)/b11-8+. The average molecular weight is 445 g/mol. The van der Waals surface area contributed by atoms with Crippen molar-refractivity contribution in [2.24, 2.45) is 0 Å². The van der Waals surface area contributed by atoms with Gasteiger partial charge in [0.05, 0.1) is 17.0 Å². The number of hydrogen-bond acceptors (Lipinski definition) is 5. The molecule has 0 fully saturated rings. The predicted molar refractivity (Wildman–Crippen MR) is 126 cm³/mol. The Hall–Kier alpha value is -3.71. The van der Waals surface area contributed by atoms with E-state index >= 15 is 0 Å². The third-order valence-electron chi connectivity index (χ3n) is 4.77. The third kappa shape index (κ3) is 6.39. The Morgan fingerprint density at radius 3 is 2.59 bits per heavy atom. The van der Waals surface area contributed by atoms with E-state index in [1.54, 1.807) is 36.0 Å². The van der Waals surface area contributed by atoms with Crippen LogP contribution in [0.3, 0.4) is 0 Å². The molecule has 162 valence electrons. The zero-order chi connectivity index (χ0) is 22.2. The second-order valence-electron chi connectivity index (χ2n) is 7.32. The summed E-state index contributed by atoms with van der Waals surface area (Å²) in [5.41, 5.74) is 4.10. The number of hydrogen-bond donors (Lipinski definition) is 1. The topological polar surface area (TPSA) is 69.0 Å². The lowest BCUT2D eigenvalue weighted by Gasteiger charge is -2.06. The first kappa shape index (κ1) is 21.5. The molecule has 1 N–H and O–H groups in total. The summed E-state index contributed by atoms with van der Waals surface area (Å²) in [6, 6.07) is 15.8. The van der Waals surface area contributed by atoms with E-state index in [9.17, 15) is 4.79 Å². The number of thiazole rings is 1. The Morgan fingerprint density at radius 1 is 1.12 bits per heavy atom. The van der Waals surface area contributed by atoms with E-state index < -0.39 is 0 Å². The van der Waals surface area contributed by atoms with E-state index in [-0.39, 0.29) is 5.91 Å². The molecule has 0 aliphatic carbocycles. The number of amides is 1. The summed E-state index contributed by atoms with van der Waals surface area (Å²) < 4.78 is 7.76. The second kappa shape index (κ2) is 10.5. The number of benzene rings is 2. The van der Waals surface area contributed by atoms with E-state index in [2.05, 4.69) is 27.4 Å². The summed E-state index contributed by atoms with van der Waals surface area (Å²) in [6.07, 6.45) is 8.83. The van der Waals surface area contributed by atoms with Crippen LogP contribution in [0.5, 0.6) is 5.75 Å². The van der Waals surface area contributed by atoms with Crippen molar-refractivity contribution in [3.63, 3.8) is 0 Å². The van der Waals surface area contributed by atoms with Crippen molar-refractivity contribution in [2.75, 3.05) is 0 Å². The maximum atomic E-state index is 12.2. The zero-order valence-corrected chi connectivity index (χ0v) is 18.6. The van der Waals surface area contributed by atoms with Gasteiger partial charge in [0.1, 0.15) is 12.4 Å². The van der Waals surface area contributed by atoms with Gasteiger partial charge in [0.25, 0.3) is 0 Å². The number of ether oxygens (including phenoxy) is 1. The van der Waals surface area contributed by atoms with Gasteiger partial charge in [0.2, 0.25) is 5.91 Å². The molecule has 0 atom stereocenters. The van der Waals surface area contributed by atoms with Crippen LogP contribution in [0, 0.1) is 6.92 Å². The molecule has 0 aliphatic heterocycles. The van der Waals surface area contributed by atoms with Crippen LogP contribution in [0.25, 0.3) is 6.08 Å². The summed E-state index contributed by atoms with van der Waals surface area (Å²) in [7, 11) is 0. The van der Waals surface area contributed by atoms with E-state index in [0.717, 1.165) is 34.1 Å². The molecule has 1 amide bonds. The Bertz CT molecular complexity index is 1160. The Morgan fingerprint density at radius 2 is 1.91 bits per heavy atom. The fraction of sp³-hybridized carbons (Fsp3) is 0.160.